The Labute approximate surface area is 290 Å². The van der Waals surface area contributed by atoms with Crippen molar-refractivity contribution in [2.75, 3.05) is 18.6 Å². The zero-order valence-corrected chi connectivity index (χ0v) is 29.8. The molecule has 2 aliphatic heterocycles. The molecule has 6 aromatic rings. The second-order valence-electron chi connectivity index (χ2n) is 11.8. The van der Waals surface area contributed by atoms with E-state index in [9.17, 15) is 17.8 Å². The van der Waals surface area contributed by atoms with E-state index < -0.39 is 10.1 Å². The van der Waals surface area contributed by atoms with Gasteiger partial charge in [0.05, 0.1) is 29.3 Å². The van der Waals surface area contributed by atoms with Crippen LogP contribution in [-0.4, -0.2) is 37.3 Å². The Bertz CT molecular complexity index is 2460. The fourth-order valence-electron chi connectivity index (χ4n) is 6.03. The lowest BCUT2D eigenvalue weighted by Gasteiger charge is -2.15. The number of hydrogen-bond donors (Lipinski definition) is 0. The van der Waals surface area contributed by atoms with E-state index in [1.807, 2.05) is 11.5 Å². The zero-order chi connectivity index (χ0) is 33.6. The summed E-state index contributed by atoms with van der Waals surface area (Å²) in [6.07, 6.45) is 4.32. The average Bonchev–Trinajstić information content (AvgIpc) is 3.85. The number of aryl methyl sites for hydroxylation is 2. The van der Waals surface area contributed by atoms with Gasteiger partial charge in [0.2, 0.25) is 5.52 Å². The zero-order valence-electron chi connectivity index (χ0n) is 26.6. The molecule has 4 heterocycles. The van der Waals surface area contributed by atoms with Gasteiger partial charge in [-0.2, -0.15) is 4.57 Å². The van der Waals surface area contributed by atoms with Crippen LogP contribution in [0.5, 0.6) is 0 Å². The largest absolute Gasteiger partial charge is 0.744 e. The van der Waals surface area contributed by atoms with Gasteiger partial charge < -0.3 is 14.2 Å². The molecule has 2 aromatic heterocycles. The van der Waals surface area contributed by atoms with Gasteiger partial charge in [0.1, 0.15) is 36.1 Å². The van der Waals surface area contributed by atoms with Crippen LogP contribution < -0.4 is 24.2 Å². The molecule has 0 saturated carbocycles. The molecule has 1 fully saturated rings. The van der Waals surface area contributed by atoms with Gasteiger partial charge in [-0.1, -0.05) is 83.3 Å². The second-order valence-corrected chi connectivity index (χ2v) is 16.3. The molecule has 48 heavy (non-hydrogen) atoms. The van der Waals surface area contributed by atoms with Crippen molar-refractivity contribution in [3.8, 4) is 0 Å². The molecule has 0 aliphatic carbocycles. The van der Waals surface area contributed by atoms with Gasteiger partial charge in [0, 0.05) is 30.0 Å². The first-order valence-corrected chi connectivity index (χ1v) is 19.3. The fraction of sp³-hybridized carbons (Fsp3) is 0.222. The summed E-state index contributed by atoms with van der Waals surface area (Å²) >= 11 is 5.04. The molecule has 0 spiro atoms. The highest BCUT2D eigenvalue weighted by molar-refractivity contribution is 8.08. The average molecular weight is 716 g/mol. The van der Waals surface area contributed by atoms with Crippen LogP contribution in [0.4, 0.5) is 5.69 Å². The highest BCUT2D eigenvalue weighted by Gasteiger charge is 2.28. The minimum atomic E-state index is -4.27. The maximum Gasteiger partial charge on any atom is 0.271 e. The normalized spacial score (nSPS) is 17.6. The van der Waals surface area contributed by atoms with Gasteiger partial charge in [0.25, 0.3) is 10.6 Å². The van der Waals surface area contributed by atoms with Gasteiger partial charge in [-0.25, -0.2) is 8.42 Å². The van der Waals surface area contributed by atoms with Crippen molar-refractivity contribution in [2.45, 2.75) is 42.2 Å². The van der Waals surface area contributed by atoms with E-state index in [0.717, 1.165) is 44.2 Å². The molecule has 4 aromatic carbocycles. The Balaban J connectivity index is 0.000000284. The number of benzene rings is 4. The summed E-state index contributed by atoms with van der Waals surface area (Å²) in [4.78, 5) is 17.2. The number of para-hydroxylation sites is 1. The Kier molecular flexibility index (Phi) is 9.05. The molecule has 1 unspecified atom stereocenters. The molecule has 2 aliphatic rings. The van der Waals surface area contributed by atoms with Gasteiger partial charge in [0.15, 0.2) is 0 Å². The van der Waals surface area contributed by atoms with Crippen LogP contribution in [0, 0.1) is 6.92 Å². The number of thiazole rings is 2. The van der Waals surface area contributed by atoms with Gasteiger partial charge >= 0.3 is 0 Å². The number of thioether (sulfide) groups is 1. The van der Waals surface area contributed by atoms with Crippen molar-refractivity contribution in [3.05, 3.63) is 115 Å². The number of anilines is 1. The van der Waals surface area contributed by atoms with Crippen molar-refractivity contribution >= 4 is 82.3 Å². The molecule has 0 bridgehead atoms. The SMILES string of the molecule is CN1/C(=c2/s/c(=C/c3sc4ccccc4[n+]3C)n(CC3CCCO3)c2=O)Sc2ccc3ccccc3c21.Cc1ccc(S(=O)(=O)[O-])cc1. The van der Waals surface area contributed by atoms with Crippen LogP contribution in [0.2, 0.25) is 0 Å². The standard InChI is InChI=1S/C29H26N3O2S3.C7H8O3S/c1-30-21-11-5-6-12-22(21)35-24(30)16-25-32(17-19-9-7-15-34-19)28(33)27(37-25)29-31(2)26-20-10-4-3-8-18(20)13-14-23(26)36-29;1-6-2-4-7(5-3-6)11(8,9)10/h3-6,8,10-14,16,19H,7,9,15,17H2,1-2H3;2-5H,1H3,(H,8,9,10)/q+1;/p-1/b29-27-;. The lowest BCUT2D eigenvalue weighted by Crippen LogP contribution is -2.37. The first kappa shape index (κ1) is 32.8. The first-order chi connectivity index (χ1) is 23.1. The van der Waals surface area contributed by atoms with E-state index in [2.05, 4.69) is 90.3 Å². The Morgan fingerprint density at radius 1 is 1.00 bits per heavy atom. The van der Waals surface area contributed by atoms with E-state index in [1.54, 1.807) is 46.6 Å². The summed E-state index contributed by atoms with van der Waals surface area (Å²) < 4.78 is 44.3. The van der Waals surface area contributed by atoms with Gasteiger partial charge in [-0.05, 0) is 49.4 Å². The Morgan fingerprint density at radius 3 is 2.48 bits per heavy atom. The highest BCUT2D eigenvalue weighted by Crippen LogP contribution is 2.48. The highest BCUT2D eigenvalue weighted by atomic mass is 32.2. The molecular formula is C36H33N3O5S4. The summed E-state index contributed by atoms with van der Waals surface area (Å²) in [5, 5.41) is 4.55. The number of fused-ring (bicyclic) bond motifs is 4. The summed E-state index contributed by atoms with van der Waals surface area (Å²) in [7, 11) is -0.0906. The van der Waals surface area contributed by atoms with Crippen molar-refractivity contribution in [1.29, 1.82) is 0 Å². The van der Waals surface area contributed by atoms with Crippen LogP contribution in [0.3, 0.4) is 0 Å². The van der Waals surface area contributed by atoms with Crippen molar-refractivity contribution in [1.82, 2.24) is 4.57 Å². The molecule has 0 amide bonds. The minimum absolute atomic E-state index is 0.0713. The molecular weight excluding hydrogens is 683 g/mol. The predicted molar refractivity (Wildman–Crippen MR) is 194 cm³/mol. The third-order valence-electron chi connectivity index (χ3n) is 8.56. The Morgan fingerprint density at radius 2 is 1.75 bits per heavy atom. The van der Waals surface area contributed by atoms with Crippen LogP contribution in [0.15, 0.2) is 99.5 Å². The molecule has 1 atom stereocenters. The second kappa shape index (κ2) is 13.3. The predicted octanol–water partition coefficient (Wildman–Crippen LogP) is 5.32. The topological polar surface area (TPSA) is 95.6 Å². The maximum absolute atomic E-state index is 14.0. The van der Waals surface area contributed by atoms with E-state index in [0.29, 0.717) is 6.54 Å². The lowest BCUT2D eigenvalue weighted by atomic mass is 10.1. The molecule has 1 saturated heterocycles. The fourth-order valence-corrected chi connectivity index (χ4v) is 10.1. The number of aromatic nitrogens is 2. The molecule has 0 N–H and O–H groups in total. The molecule has 8 rings (SSSR count). The monoisotopic (exact) mass is 715 g/mol. The molecule has 8 nitrogen and oxygen atoms in total. The van der Waals surface area contributed by atoms with E-state index >= 15 is 0 Å². The van der Waals surface area contributed by atoms with Crippen LogP contribution >= 0.6 is 34.4 Å². The van der Waals surface area contributed by atoms with Crippen LogP contribution in [0.25, 0.3) is 32.1 Å². The number of rotatable bonds is 4. The molecule has 12 heteroatoms. The van der Waals surface area contributed by atoms with E-state index in [4.69, 9.17) is 4.74 Å². The third-order valence-corrected chi connectivity index (χ3v) is 13.0. The maximum atomic E-state index is 14.0. The van der Waals surface area contributed by atoms with Gasteiger partial charge in [-0.3, -0.25) is 9.36 Å². The van der Waals surface area contributed by atoms with E-state index in [-0.39, 0.29) is 16.6 Å². The summed E-state index contributed by atoms with van der Waals surface area (Å²) in [5.74, 6) is 0. The van der Waals surface area contributed by atoms with Crippen molar-refractivity contribution < 1.29 is 22.3 Å². The van der Waals surface area contributed by atoms with Crippen molar-refractivity contribution in [2.24, 2.45) is 7.05 Å². The summed E-state index contributed by atoms with van der Waals surface area (Å²) in [6, 6.07) is 27.0. The number of ether oxygens (including phenoxy) is 1. The summed E-state index contributed by atoms with van der Waals surface area (Å²) in [6.45, 7) is 3.19. The summed E-state index contributed by atoms with van der Waals surface area (Å²) in [5.41, 5.74) is 3.38. The Hall–Kier alpha value is -3.78. The van der Waals surface area contributed by atoms with Crippen LogP contribution in [0.1, 0.15) is 23.4 Å². The minimum Gasteiger partial charge on any atom is -0.744 e. The lowest BCUT2D eigenvalue weighted by molar-refractivity contribution is -0.642. The third kappa shape index (κ3) is 6.36. The van der Waals surface area contributed by atoms with Crippen molar-refractivity contribution in [3.63, 3.8) is 0 Å². The molecule has 246 valence electrons. The molecule has 0 radical (unpaired) electrons. The smallest absolute Gasteiger partial charge is 0.271 e. The number of hydrogen-bond acceptors (Lipinski definition) is 9. The van der Waals surface area contributed by atoms with Crippen LogP contribution in [-0.2, 0) is 28.4 Å². The number of nitrogens with zero attached hydrogens (tertiary/aromatic N) is 3. The quantitative estimate of drug-likeness (QED) is 0.180. The van der Waals surface area contributed by atoms with E-state index in [1.165, 1.54) is 43.7 Å². The first-order valence-electron chi connectivity index (χ1n) is 15.5. The van der Waals surface area contributed by atoms with Gasteiger partial charge in [-0.15, -0.1) is 11.3 Å².